The van der Waals surface area contributed by atoms with E-state index in [0.29, 0.717) is 26.1 Å². The molecule has 156 valence electrons. The number of amides is 1. The minimum atomic E-state index is -1.09. The van der Waals surface area contributed by atoms with Crippen LogP contribution in [0.15, 0.2) is 48.5 Å². The molecule has 2 aromatic carbocycles. The number of carbonyl (C=O) groups excluding carboxylic acids is 1. The molecule has 5 rings (SSSR count). The van der Waals surface area contributed by atoms with Crippen LogP contribution >= 0.6 is 0 Å². The Hall–Kier alpha value is -2.90. The monoisotopic (exact) mass is 409 g/mol. The highest BCUT2D eigenvalue weighted by atomic mass is 16.6. The molecule has 0 radical (unpaired) electrons. The highest BCUT2D eigenvalue weighted by Gasteiger charge is 2.54. The third-order valence-corrected chi connectivity index (χ3v) is 6.35. The molecule has 1 amide bonds. The first-order chi connectivity index (χ1) is 14.6. The van der Waals surface area contributed by atoms with E-state index in [2.05, 4.69) is 12.1 Å². The van der Waals surface area contributed by atoms with E-state index in [9.17, 15) is 14.7 Å². The van der Waals surface area contributed by atoms with Crippen molar-refractivity contribution in [2.45, 2.75) is 30.5 Å². The van der Waals surface area contributed by atoms with E-state index >= 15 is 0 Å². The van der Waals surface area contributed by atoms with Gasteiger partial charge in [0.2, 0.25) is 0 Å². The van der Waals surface area contributed by atoms with Gasteiger partial charge in [-0.2, -0.15) is 0 Å². The molecule has 1 spiro atoms. The van der Waals surface area contributed by atoms with Crippen LogP contribution in [0.4, 0.5) is 4.79 Å². The fraction of sp³-hybridized carbons (Fsp3) is 0.391. The van der Waals surface area contributed by atoms with Crippen molar-refractivity contribution in [3.63, 3.8) is 0 Å². The quantitative estimate of drug-likeness (QED) is 0.838. The van der Waals surface area contributed by atoms with Crippen molar-refractivity contribution < 1.29 is 28.9 Å². The first kappa shape index (κ1) is 19.1. The first-order valence-electron chi connectivity index (χ1n) is 10.2. The van der Waals surface area contributed by atoms with E-state index in [4.69, 9.17) is 14.2 Å². The van der Waals surface area contributed by atoms with Gasteiger partial charge in [-0.05, 0) is 22.3 Å². The molecule has 1 atom stereocenters. The topological polar surface area (TPSA) is 85.3 Å². The van der Waals surface area contributed by atoms with Gasteiger partial charge < -0.3 is 19.3 Å². The van der Waals surface area contributed by atoms with Crippen molar-refractivity contribution in [2.75, 3.05) is 26.4 Å². The number of aliphatic carboxylic acids is 1. The summed E-state index contributed by atoms with van der Waals surface area (Å²) in [5.74, 6) is -1.18. The summed E-state index contributed by atoms with van der Waals surface area (Å²) in [6, 6.07) is 15.1. The lowest BCUT2D eigenvalue weighted by Crippen LogP contribution is -2.56. The van der Waals surface area contributed by atoms with Crippen LogP contribution in [-0.2, 0) is 19.0 Å². The predicted octanol–water partition coefficient (Wildman–Crippen LogP) is 3.23. The zero-order valence-electron chi connectivity index (χ0n) is 16.5. The zero-order chi connectivity index (χ0) is 20.7. The molecular formula is C23H23NO6. The van der Waals surface area contributed by atoms with Gasteiger partial charge in [-0.15, -0.1) is 0 Å². The molecule has 2 saturated heterocycles. The SMILES string of the molecule is O=C(O)C1COC2(CCOCC2)N1C(=O)OCC1c2ccccc2-c2ccccc21. The maximum atomic E-state index is 13.1. The fourth-order valence-corrected chi connectivity index (χ4v) is 4.88. The lowest BCUT2D eigenvalue weighted by molar-refractivity contribution is -0.150. The van der Waals surface area contributed by atoms with Gasteiger partial charge in [0.25, 0.3) is 0 Å². The van der Waals surface area contributed by atoms with Crippen molar-refractivity contribution in [1.82, 2.24) is 4.90 Å². The lowest BCUT2D eigenvalue weighted by Gasteiger charge is -2.40. The van der Waals surface area contributed by atoms with Crippen LogP contribution in [0.5, 0.6) is 0 Å². The Morgan fingerprint density at radius 2 is 1.63 bits per heavy atom. The van der Waals surface area contributed by atoms with Crippen LogP contribution in [-0.4, -0.2) is 60.3 Å². The van der Waals surface area contributed by atoms with E-state index in [1.165, 1.54) is 4.90 Å². The average Bonchev–Trinajstić information content (AvgIpc) is 3.29. The Bertz CT molecular complexity index is 938. The second kappa shape index (κ2) is 7.41. The Labute approximate surface area is 174 Å². The summed E-state index contributed by atoms with van der Waals surface area (Å²) in [5.41, 5.74) is 3.54. The number of fused-ring (bicyclic) bond motifs is 3. The number of carboxylic acid groups (broad SMARTS) is 1. The van der Waals surface area contributed by atoms with Crippen LogP contribution in [0.3, 0.4) is 0 Å². The van der Waals surface area contributed by atoms with Gasteiger partial charge in [0, 0.05) is 18.8 Å². The third kappa shape index (κ3) is 2.97. The number of benzene rings is 2. The highest BCUT2D eigenvalue weighted by Crippen LogP contribution is 2.45. The van der Waals surface area contributed by atoms with Gasteiger partial charge in [0.15, 0.2) is 11.8 Å². The Kier molecular flexibility index (Phi) is 4.72. The van der Waals surface area contributed by atoms with Gasteiger partial charge in [-0.3, -0.25) is 4.90 Å². The maximum absolute atomic E-state index is 13.1. The summed E-state index contributed by atoms with van der Waals surface area (Å²) in [5, 5.41) is 9.63. The molecular weight excluding hydrogens is 386 g/mol. The summed E-state index contributed by atoms with van der Waals surface area (Å²) < 4.78 is 17.0. The second-order valence-corrected chi connectivity index (χ2v) is 7.90. The molecule has 2 heterocycles. The number of hydrogen-bond acceptors (Lipinski definition) is 5. The van der Waals surface area contributed by atoms with E-state index in [-0.39, 0.29) is 19.1 Å². The van der Waals surface area contributed by atoms with Crippen molar-refractivity contribution in [1.29, 1.82) is 0 Å². The van der Waals surface area contributed by atoms with Crippen molar-refractivity contribution in [3.05, 3.63) is 59.7 Å². The molecule has 0 bridgehead atoms. The molecule has 30 heavy (non-hydrogen) atoms. The van der Waals surface area contributed by atoms with E-state index in [1.54, 1.807) is 0 Å². The number of hydrogen-bond donors (Lipinski definition) is 1. The molecule has 1 N–H and O–H groups in total. The minimum absolute atomic E-state index is 0.0421. The molecule has 0 aromatic heterocycles. The Morgan fingerprint density at radius 1 is 1.03 bits per heavy atom. The smallest absolute Gasteiger partial charge is 0.412 e. The van der Waals surface area contributed by atoms with Crippen LogP contribution < -0.4 is 0 Å². The largest absolute Gasteiger partial charge is 0.480 e. The fourth-order valence-electron chi connectivity index (χ4n) is 4.88. The molecule has 2 aliphatic heterocycles. The number of ether oxygens (including phenoxy) is 3. The van der Waals surface area contributed by atoms with Gasteiger partial charge in [-0.25, -0.2) is 9.59 Å². The molecule has 1 aliphatic carbocycles. The van der Waals surface area contributed by atoms with Gasteiger partial charge in [-0.1, -0.05) is 48.5 Å². The maximum Gasteiger partial charge on any atom is 0.412 e. The summed E-state index contributed by atoms with van der Waals surface area (Å²) in [6.45, 7) is 0.931. The van der Waals surface area contributed by atoms with Crippen molar-refractivity contribution >= 4 is 12.1 Å². The van der Waals surface area contributed by atoms with E-state index in [0.717, 1.165) is 22.3 Å². The number of nitrogens with zero attached hydrogens (tertiary/aromatic N) is 1. The molecule has 2 fully saturated rings. The third-order valence-electron chi connectivity index (χ3n) is 6.35. The molecule has 7 heteroatoms. The molecule has 7 nitrogen and oxygen atoms in total. The average molecular weight is 409 g/mol. The van der Waals surface area contributed by atoms with Gasteiger partial charge in [0.05, 0.1) is 19.8 Å². The normalized spacial score (nSPS) is 22.0. The van der Waals surface area contributed by atoms with Crippen LogP contribution in [0.1, 0.15) is 29.9 Å². The Balaban J connectivity index is 1.39. The molecule has 1 unspecified atom stereocenters. The first-order valence-corrected chi connectivity index (χ1v) is 10.2. The minimum Gasteiger partial charge on any atom is -0.480 e. The van der Waals surface area contributed by atoms with Gasteiger partial charge in [0.1, 0.15) is 6.61 Å². The predicted molar refractivity (Wildman–Crippen MR) is 107 cm³/mol. The summed E-state index contributed by atoms with van der Waals surface area (Å²) in [7, 11) is 0. The van der Waals surface area contributed by atoms with Crippen molar-refractivity contribution in [3.8, 4) is 11.1 Å². The Morgan fingerprint density at radius 3 is 2.23 bits per heavy atom. The van der Waals surface area contributed by atoms with Gasteiger partial charge >= 0.3 is 12.1 Å². The van der Waals surface area contributed by atoms with Crippen molar-refractivity contribution in [2.24, 2.45) is 0 Å². The number of carbonyl (C=O) groups is 2. The lowest BCUT2D eigenvalue weighted by atomic mass is 9.98. The van der Waals surface area contributed by atoms with E-state index < -0.39 is 23.8 Å². The second-order valence-electron chi connectivity index (χ2n) is 7.90. The standard InChI is InChI=1S/C23H23NO6/c25-21(26)20-14-30-23(9-11-28-12-10-23)24(20)22(27)29-13-19-17-7-3-1-5-15(17)16-6-2-4-8-18(16)19/h1-8,19-20H,9-14H2,(H,25,26). The summed E-state index contributed by atoms with van der Waals surface area (Å²) in [4.78, 5) is 26.2. The zero-order valence-corrected chi connectivity index (χ0v) is 16.5. The number of rotatable bonds is 3. The van der Waals surface area contributed by atoms with Crippen LogP contribution in [0.25, 0.3) is 11.1 Å². The van der Waals surface area contributed by atoms with Crippen LogP contribution in [0, 0.1) is 0 Å². The highest BCUT2D eigenvalue weighted by molar-refractivity contribution is 5.82. The molecule has 2 aromatic rings. The summed E-state index contributed by atoms with van der Waals surface area (Å²) >= 11 is 0. The summed E-state index contributed by atoms with van der Waals surface area (Å²) in [6.07, 6.45) is 0.214. The van der Waals surface area contributed by atoms with E-state index in [1.807, 2.05) is 36.4 Å². The molecule has 0 saturated carbocycles. The van der Waals surface area contributed by atoms with Crippen LogP contribution in [0.2, 0.25) is 0 Å². The number of carboxylic acids is 1. The molecule has 3 aliphatic rings.